The predicted molar refractivity (Wildman–Crippen MR) is 69.3 cm³/mol. The molecule has 1 aliphatic carbocycles. The number of hydrogen-bond donors (Lipinski definition) is 0. The number of rotatable bonds is 0. The first kappa shape index (κ1) is 21.1. The maximum Gasteiger partial charge on any atom is 4.00 e. The second kappa shape index (κ2) is 10.5. The van der Waals surface area contributed by atoms with E-state index in [0.29, 0.717) is 5.92 Å². The topological polar surface area (TPSA) is 0 Å². The summed E-state index contributed by atoms with van der Waals surface area (Å²) in [6, 6.07) is 16.4. The fraction of sp³-hybridized carbons (Fsp3) is 0.188. The van der Waals surface area contributed by atoms with Gasteiger partial charge in [0.15, 0.2) is 0 Å². The van der Waals surface area contributed by atoms with Crippen LogP contribution in [0.25, 0.3) is 6.08 Å². The van der Waals surface area contributed by atoms with Gasteiger partial charge in [0.2, 0.25) is 0 Å². The Morgan fingerprint density at radius 1 is 1.05 bits per heavy atom. The number of fused-ring (bicyclic) bond motifs is 1. The van der Waals surface area contributed by atoms with Gasteiger partial charge in [0.05, 0.1) is 0 Å². The molecule has 0 aromatic heterocycles. The summed E-state index contributed by atoms with van der Waals surface area (Å²) < 4.78 is 0. The maximum atomic E-state index is 3.30. The first-order valence-electron chi connectivity index (χ1n) is 5.64. The zero-order valence-electron chi connectivity index (χ0n) is 11.0. The van der Waals surface area contributed by atoms with Crippen LogP contribution in [0.4, 0.5) is 0 Å². The van der Waals surface area contributed by atoms with E-state index < -0.39 is 0 Å². The number of hydrogen-bond acceptors (Lipinski definition) is 0. The van der Waals surface area contributed by atoms with Crippen LogP contribution in [-0.4, -0.2) is 0 Å². The molecule has 0 N–H and O–H groups in total. The molecule has 0 heterocycles. The smallest absolute Gasteiger partial charge is 1.00 e. The zero-order valence-corrected chi connectivity index (χ0v) is 15.0. The number of benzene rings is 1. The van der Waals surface area contributed by atoms with Crippen LogP contribution in [0.3, 0.4) is 0 Å². The van der Waals surface area contributed by atoms with E-state index in [1.807, 2.05) is 30.3 Å². The van der Waals surface area contributed by atoms with Gasteiger partial charge in [-0.15, -0.1) is 11.1 Å². The normalized spacial score (nSPS) is 13.9. The molecule has 0 saturated carbocycles. The van der Waals surface area contributed by atoms with Crippen LogP contribution in [0.15, 0.2) is 48.5 Å². The van der Waals surface area contributed by atoms with Crippen LogP contribution >= 0.6 is 0 Å². The van der Waals surface area contributed by atoms with Gasteiger partial charge in [0.25, 0.3) is 0 Å². The molecule has 98 valence electrons. The molecule has 19 heavy (non-hydrogen) atoms. The molecule has 1 unspecified atom stereocenters. The standard InChI is InChI=1S/C11H11.C5H5.2ClH.Zr/c1-8-4-3-5-10-9(2)6-7-11(8)10;1-2-4-5-3-1;;;/h3-5,7,9H,1-2H3;1-5H;2*1H;/q2*-1;;;+4/p-2. The Kier molecular flexibility index (Phi) is 11.7. The third kappa shape index (κ3) is 5.73. The molecule has 0 nitrogen and oxygen atoms in total. The number of aryl methyl sites for hydroxylation is 1. The minimum atomic E-state index is 0. The third-order valence-corrected chi connectivity index (χ3v) is 2.86. The van der Waals surface area contributed by atoms with Crippen LogP contribution in [-0.2, 0) is 26.2 Å². The molecule has 3 rings (SSSR count). The van der Waals surface area contributed by atoms with Gasteiger partial charge in [0, 0.05) is 0 Å². The second-order valence-electron chi connectivity index (χ2n) is 4.07. The van der Waals surface area contributed by atoms with Gasteiger partial charge in [0.1, 0.15) is 0 Å². The summed E-state index contributed by atoms with van der Waals surface area (Å²) >= 11 is 0. The average Bonchev–Trinajstić information content (AvgIpc) is 2.93. The number of allylic oxidation sites excluding steroid dienone is 1. The Bertz CT molecular complexity index is 458. The van der Waals surface area contributed by atoms with Crippen molar-refractivity contribution in [1.29, 1.82) is 0 Å². The van der Waals surface area contributed by atoms with Gasteiger partial charge in [-0.2, -0.15) is 23.8 Å². The summed E-state index contributed by atoms with van der Waals surface area (Å²) in [7, 11) is 0. The van der Waals surface area contributed by atoms with E-state index in [0.717, 1.165) is 0 Å². The maximum absolute atomic E-state index is 3.30. The zero-order chi connectivity index (χ0) is 11.4. The predicted octanol–water partition coefficient (Wildman–Crippen LogP) is -1.66. The molecule has 2 aromatic carbocycles. The molecule has 0 aliphatic heterocycles. The van der Waals surface area contributed by atoms with Crippen molar-refractivity contribution in [2.24, 2.45) is 0 Å². The quantitative estimate of drug-likeness (QED) is 0.487. The first-order chi connectivity index (χ1) is 7.79. The van der Waals surface area contributed by atoms with E-state index in [1.54, 1.807) is 0 Å². The van der Waals surface area contributed by atoms with Crippen LogP contribution in [0.5, 0.6) is 0 Å². The molecule has 0 bridgehead atoms. The molecule has 0 radical (unpaired) electrons. The molecule has 0 spiro atoms. The summed E-state index contributed by atoms with van der Waals surface area (Å²) in [5.41, 5.74) is 4.16. The Labute approximate surface area is 147 Å². The molecule has 0 fully saturated rings. The average molecular weight is 370 g/mol. The first-order valence-corrected chi connectivity index (χ1v) is 5.64. The molecule has 1 aliphatic rings. The molecule has 2 aromatic rings. The number of halogens is 2. The van der Waals surface area contributed by atoms with Gasteiger partial charge < -0.3 is 24.8 Å². The van der Waals surface area contributed by atoms with E-state index >= 15 is 0 Å². The minimum absolute atomic E-state index is 0. The van der Waals surface area contributed by atoms with Crippen molar-refractivity contribution in [3.63, 3.8) is 0 Å². The van der Waals surface area contributed by atoms with Crippen molar-refractivity contribution in [2.45, 2.75) is 19.8 Å². The van der Waals surface area contributed by atoms with Crippen molar-refractivity contribution < 1.29 is 51.0 Å². The Balaban J connectivity index is 0. The minimum Gasteiger partial charge on any atom is -1.00 e. The Morgan fingerprint density at radius 3 is 2.16 bits per heavy atom. The van der Waals surface area contributed by atoms with Gasteiger partial charge in [-0.1, -0.05) is 38.0 Å². The van der Waals surface area contributed by atoms with Crippen molar-refractivity contribution in [3.8, 4) is 0 Å². The van der Waals surface area contributed by atoms with Crippen LogP contribution in [0.2, 0.25) is 0 Å². The van der Waals surface area contributed by atoms with E-state index in [9.17, 15) is 0 Å². The van der Waals surface area contributed by atoms with Gasteiger partial charge in [-0.3, -0.25) is 6.08 Å². The fourth-order valence-electron chi connectivity index (χ4n) is 1.90. The van der Waals surface area contributed by atoms with Gasteiger partial charge in [-0.05, 0) is 0 Å². The third-order valence-electron chi connectivity index (χ3n) is 2.86. The van der Waals surface area contributed by atoms with E-state index in [-0.39, 0.29) is 51.0 Å². The second-order valence-corrected chi connectivity index (χ2v) is 4.07. The molecule has 3 heteroatoms. The van der Waals surface area contributed by atoms with Gasteiger partial charge in [-0.25, -0.2) is 18.2 Å². The van der Waals surface area contributed by atoms with Crippen molar-refractivity contribution in [3.05, 3.63) is 71.3 Å². The molecule has 0 saturated heterocycles. The molecular formula is C16H16Cl2Zr. The summed E-state index contributed by atoms with van der Waals surface area (Å²) in [5, 5.41) is 0. The van der Waals surface area contributed by atoms with Crippen LogP contribution in [0.1, 0.15) is 29.5 Å². The molecule has 1 atom stereocenters. The van der Waals surface area contributed by atoms with Gasteiger partial charge >= 0.3 is 26.2 Å². The van der Waals surface area contributed by atoms with Crippen molar-refractivity contribution in [1.82, 2.24) is 0 Å². The fourth-order valence-corrected chi connectivity index (χ4v) is 1.90. The van der Waals surface area contributed by atoms with Crippen molar-refractivity contribution in [2.75, 3.05) is 0 Å². The Hall–Kier alpha value is -0.227. The van der Waals surface area contributed by atoms with Crippen LogP contribution in [0, 0.1) is 13.0 Å². The molecular weight excluding hydrogens is 354 g/mol. The summed E-state index contributed by atoms with van der Waals surface area (Å²) in [6.07, 6.45) is 5.41. The van der Waals surface area contributed by atoms with E-state index in [4.69, 9.17) is 0 Å². The monoisotopic (exact) mass is 368 g/mol. The summed E-state index contributed by atoms with van der Waals surface area (Å²) in [5.74, 6) is 0.491. The summed E-state index contributed by atoms with van der Waals surface area (Å²) in [6.45, 7) is 4.33. The van der Waals surface area contributed by atoms with E-state index in [1.165, 1.54) is 16.7 Å². The van der Waals surface area contributed by atoms with Crippen molar-refractivity contribution >= 4 is 6.08 Å². The Morgan fingerprint density at radius 2 is 1.68 bits per heavy atom. The molecule has 0 amide bonds. The van der Waals surface area contributed by atoms with Crippen LogP contribution < -0.4 is 24.8 Å². The van der Waals surface area contributed by atoms with E-state index in [2.05, 4.69) is 44.2 Å². The largest absolute Gasteiger partial charge is 4.00 e. The SMILES string of the molecule is Cc1cccc2c1C=[C-]C2C.[Cl-].[Cl-].[Zr+4].c1cc[cH-]c1. The summed E-state index contributed by atoms with van der Waals surface area (Å²) in [4.78, 5) is 0.